The first-order valence-corrected chi connectivity index (χ1v) is 8.05. The van der Waals surface area contributed by atoms with Crippen molar-refractivity contribution in [3.8, 4) is 0 Å². The zero-order chi connectivity index (χ0) is 14.7. The zero-order valence-electron chi connectivity index (χ0n) is 13.5. The van der Waals surface area contributed by atoms with Crippen molar-refractivity contribution < 1.29 is 0 Å². The minimum absolute atomic E-state index is 0.376. The van der Waals surface area contributed by atoms with Gasteiger partial charge in [0, 0.05) is 25.7 Å². The molecule has 112 valence electrons. The summed E-state index contributed by atoms with van der Waals surface area (Å²) in [7, 11) is 0. The summed E-state index contributed by atoms with van der Waals surface area (Å²) in [5.74, 6) is 2.15. The van der Waals surface area contributed by atoms with Gasteiger partial charge in [0.2, 0.25) is 0 Å². The Morgan fingerprint density at radius 1 is 1.05 bits per heavy atom. The van der Waals surface area contributed by atoms with E-state index in [0.717, 1.165) is 11.8 Å². The topological polar surface area (TPSA) is 29.3 Å². The van der Waals surface area contributed by atoms with Crippen molar-refractivity contribution in [1.29, 1.82) is 0 Å². The van der Waals surface area contributed by atoms with E-state index in [1.54, 1.807) is 0 Å². The molecule has 0 aliphatic carbocycles. The maximum absolute atomic E-state index is 6.08. The first kappa shape index (κ1) is 15.5. The largest absolute Gasteiger partial charge is 0.329 e. The summed E-state index contributed by atoms with van der Waals surface area (Å²) in [6, 6.07) is 9.45. The predicted octanol–water partition coefficient (Wildman–Crippen LogP) is 3.79. The molecule has 2 N–H and O–H groups in total. The number of nitrogens with two attached hydrogens (primary N) is 1. The van der Waals surface area contributed by atoms with Crippen LogP contribution in [0, 0.1) is 11.8 Å². The Hall–Kier alpha value is -0.860. The quantitative estimate of drug-likeness (QED) is 0.905. The molecule has 1 heterocycles. The van der Waals surface area contributed by atoms with Crippen LogP contribution in [0.15, 0.2) is 24.3 Å². The fourth-order valence-corrected chi connectivity index (χ4v) is 3.56. The molecule has 1 saturated heterocycles. The Morgan fingerprint density at radius 3 is 2.00 bits per heavy atom. The lowest BCUT2D eigenvalue weighted by Gasteiger charge is -2.40. The van der Waals surface area contributed by atoms with Gasteiger partial charge in [-0.05, 0) is 35.3 Å². The van der Waals surface area contributed by atoms with E-state index in [9.17, 15) is 0 Å². The van der Waals surface area contributed by atoms with Crippen LogP contribution in [0.25, 0.3) is 0 Å². The van der Waals surface area contributed by atoms with Crippen LogP contribution in [-0.2, 0) is 0 Å². The molecule has 1 unspecified atom stereocenters. The maximum atomic E-state index is 6.08. The Balaban J connectivity index is 2.14. The molecule has 0 amide bonds. The van der Waals surface area contributed by atoms with E-state index in [-0.39, 0.29) is 0 Å². The molecule has 0 bridgehead atoms. The van der Waals surface area contributed by atoms with Gasteiger partial charge in [-0.2, -0.15) is 0 Å². The molecule has 1 aliphatic rings. The van der Waals surface area contributed by atoms with E-state index in [1.165, 1.54) is 30.6 Å². The molecule has 1 aromatic rings. The highest BCUT2D eigenvalue weighted by atomic mass is 15.2. The average molecular weight is 274 g/mol. The highest BCUT2D eigenvalue weighted by Gasteiger charge is 2.27. The molecule has 0 radical (unpaired) electrons. The second-order valence-electron chi connectivity index (χ2n) is 6.97. The van der Waals surface area contributed by atoms with Crippen molar-refractivity contribution in [1.82, 2.24) is 4.90 Å². The third-order valence-electron chi connectivity index (χ3n) is 4.55. The van der Waals surface area contributed by atoms with Gasteiger partial charge in [-0.1, -0.05) is 52.0 Å². The van der Waals surface area contributed by atoms with E-state index < -0.39 is 0 Å². The molecule has 0 spiro atoms. The van der Waals surface area contributed by atoms with Crippen LogP contribution in [0.4, 0.5) is 0 Å². The maximum Gasteiger partial charge on any atom is 0.0470 e. The highest BCUT2D eigenvalue weighted by Crippen LogP contribution is 2.29. The SMILES string of the molecule is CC(C)c1ccc(C(CN)N2C[C@H](C)C[C@H](C)C2)cc1. The molecule has 1 fully saturated rings. The van der Waals surface area contributed by atoms with Gasteiger partial charge in [0.15, 0.2) is 0 Å². The van der Waals surface area contributed by atoms with Gasteiger partial charge in [0.05, 0.1) is 0 Å². The van der Waals surface area contributed by atoms with Gasteiger partial charge in [-0.25, -0.2) is 0 Å². The highest BCUT2D eigenvalue weighted by molar-refractivity contribution is 5.27. The van der Waals surface area contributed by atoms with E-state index in [1.807, 2.05) is 0 Å². The van der Waals surface area contributed by atoms with Crippen LogP contribution in [0.2, 0.25) is 0 Å². The van der Waals surface area contributed by atoms with Crippen LogP contribution in [-0.4, -0.2) is 24.5 Å². The molecular formula is C18H30N2. The first-order valence-electron chi connectivity index (χ1n) is 8.05. The Labute approximate surface area is 124 Å². The third-order valence-corrected chi connectivity index (χ3v) is 4.55. The van der Waals surface area contributed by atoms with Crippen molar-refractivity contribution in [3.05, 3.63) is 35.4 Å². The van der Waals surface area contributed by atoms with Crippen LogP contribution in [0.5, 0.6) is 0 Å². The van der Waals surface area contributed by atoms with E-state index >= 15 is 0 Å². The first-order chi connectivity index (χ1) is 9.51. The van der Waals surface area contributed by atoms with Crippen molar-refractivity contribution in [2.24, 2.45) is 17.6 Å². The van der Waals surface area contributed by atoms with Crippen LogP contribution < -0.4 is 5.73 Å². The molecular weight excluding hydrogens is 244 g/mol. The smallest absolute Gasteiger partial charge is 0.0470 e. The standard InChI is InChI=1S/C18H30N2/c1-13(2)16-5-7-17(8-6-16)18(10-19)20-11-14(3)9-15(4)12-20/h5-8,13-15,18H,9-12,19H2,1-4H3/t14-,15+,18?. The zero-order valence-corrected chi connectivity index (χ0v) is 13.5. The summed E-state index contributed by atoms with van der Waals surface area (Å²) in [5, 5.41) is 0. The third kappa shape index (κ3) is 3.62. The van der Waals surface area contributed by atoms with E-state index in [4.69, 9.17) is 5.73 Å². The van der Waals surface area contributed by atoms with Gasteiger partial charge in [0.1, 0.15) is 0 Å². The summed E-state index contributed by atoms with van der Waals surface area (Å²) >= 11 is 0. The van der Waals surface area contributed by atoms with Gasteiger partial charge < -0.3 is 5.73 Å². The second-order valence-corrected chi connectivity index (χ2v) is 6.97. The minimum Gasteiger partial charge on any atom is -0.329 e. The molecule has 20 heavy (non-hydrogen) atoms. The molecule has 2 heteroatoms. The Bertz CT molecular complexity index is 400. The lowest BCUT2D eigenvalue weighted by Crippen LogP contribution is -2.43. The summed E-state index contributed by atoms with van der Waals surface area (Å²) in [6.45, 7) is 12.3. The summed E-state index contributed by atoms with van der Waals surface area (Å²) < 4.78 is 0. The van der Waals surface area contributed by atoms with Crippen molar-refractivity contribution >= 4 is 0 Å². The van der Waals surface area contributed by atoms with Gasteiger partial charge in [0.25, 0.3) is 0 Å². The number of piperidine rings is 1. The second kappa shape index (κ2) is 6.73. The number of likely N-dealkylation sites (tertiary alicyclic amines) is 1. The summed E-state index contributed by atoms with van der Waals surface area (Å²) in [6.07, 6.45) is 1.35. The molecule has 2 rings (SSSR count). The molecule has 3 atom stereocenters. The van der Waals surface area contributed by atoms with Crippen molar-refractivity contribution in [3.63, 3.8) is 0 Å². The van der Waals surface area contributed by atoms with Gasteiger partial charge in [-0.15, -0.1) is 0 Å². The van der Waals surface area contributed by atoms with E-state index in [2.05, 4.69) is 56.9 Å². The Kier molecular flexibility index (Phi) is 5.22. The minimum atomic E-state index is 0.376. The molecule has 1 aromatic carbocycles. The monoisotopic (exact) mass is 274 g/mol. The number of hydrogen-bond donors (Lipinski definition) is 1. The molecule has 0 saturated carbocycles. The van der Waals surface area contributed by atoms with Gasteiger partial charge >= 0.3 is 0 Å². The normalized spacial score (nSPS) is 25.9. The molecule has 0 aromatic heterocycles. The fourth-order valence-electron chi connectivity index (χ4n) is 3.56. The summed E-state index contributed by atoms with van der Waals surface area (Å²) in [4.78, 5) is 2.59. The number of benzene rings is 1. The van der Waals surface area contributed by atoms with Crippen LogP contribution >= 0.6 is 0 Å². The average Bonchev–Trinajstić information content (AvgIpc) is 2.39. The predicted molar refractivity (Wildman–Crippen MR) is 86.8 cm³/mol. The molecule has 2 nitrogen and oxygen atoms in total. The lowest BCUT2D eigenvalue weighted by atomic mass is 9.89. The van der Waals surface area contributed by atoms with Crippen molar-refractivity contribution in [2.45, 2.75) is 46.1 Å². The summed E-state index contributed by atoms with van der Waals surface area (Å²) in [5.41, 5.74) is 8.86. The number of hydrogen-bond acceptors (Lipinski definition) is 2. The number of rotatable bonds is 4. The van der Waals surface area contributed by atoms with Gasteiger partial charge in [-0.3, -0.25) is 4.90 Å². The van der Waals surface area contributed by atoms with Crippen LogP contribution in [0.1, 0.15) is 57.2 Å². The molecule has 1 aliphatic heterocycles. The fraction of sp³-hybridized carbons (Fsp3) is 0.667. The lowest BCUT2D eigenvalue weighted by molar-refractivity contribution is 0.0984. The van der Waals surface area contributed by atoms with Crippen molar-refractivity contribution in [2.75, 3.05) is 19.6 Å². The Morgan fingerprint density at radius 2 is 1.55 bits per heavy atom. The van der Waals surface area contributed by atoms with Crippen LogP contribution in [0.3, 0.4) is 0 Å². The van der Waals surface area contributed by atoms with E-state index in [0.29, 0.717) is 18.5 Å². The number of nitrogens with zero attached hydrogens (tertiary/aromatic N) is 1.